The second-order valence-corrected chi connectivity index (χ2v) is 3.27. The molecule has 0 saturated carbocycles. The second kappa shape index (κ2) is 3.80. The van der Waals surface area contributed by atoms with Gasteiger partial charge in [0.2, 0.25) is 5.90 Å². The number of ether oxygens (including phenoxy) is 2. The number of oxime groups is 1. The summed E-state index contributed by atoms with van der Waals surface area (Å²) >= 11 is 0. The lowest BCUT2D eigenvalue weighted by atomic mass is 10.00. The van der Waals surface area contributed by atoms with Crippen LogP contribution in [0.3, 0.4) is 0 Å². The maximum Gasteiger partial charge on any atom is 0.413 e. The smallest absolute Gasteiger partial charge is 0.413 e. The summed E-state index contributed by atoms with van der Waals surface area (Å²) in [4.78, 5) is 17.9. The van der Waals surface area contributed by atoms with Gasteiger partial charge in [0.1, 0.15) is 0 Å². The van der Waals surface area contributed by atoms with E-state index in [-0.39, 0.29) is 12.0 Å². The number of amides is 1. The average Bonchev–Trinajstić information content (AvgIpc) is 2.69. The molecule has 1 amide bonds. The fourth-order valence-corrected chi connectivity index (χ4v) is 1.65. The number of carbonyl (C=O) groups excluding carboxylic acids is 1. The van der Waals surface area contributed by atoms with Crippen LogP contribution >= 0.6 is 0 Å². The Morgan fingerprint density at radius 3 is 3.13 bits per heavy atom. The van der Waals surface area contributed by atoms with Crippen molar-refractivity contribution < 1.29 is 19.1 Å². The Morgan fingerprint density at radius 1 is 1.67 bits per heavy atom. The van der Waals surface area contributed by atoms with E-state index in [4.69, 9.17) is 9.57 Å². The molecule has 0 saturated heterocycles. The zero-order chi connectivity index (χ0) is 10.8. The van der Waals surface area contributed by atoms with E-state index in [1.807, 2.05) is 0 Å². The van der Waals surface area contributed by atoms with Gasteiger partial charge in [0.15, 0.2) is 6.10 Å². The second-order valence-electron chi connectivity index (χ2n) is 3.27. The zero-order valence-corrected chi connectivity index (χ0v) is 8.54. The molecule has 15 heavy (non-hydrogen) atoms. The summed E-state index contributed by atoms with van der Waals surface area (Å²) in [6.45, 7) is 0.459. The van der Waals surface area contributed by atoms with Gasteiger partial charge < -0.3 is 14.3 Å². The third-order valence-corrected chi connectivity index (χ3v) is 2.45. The third kappa shape index (κ3) is 1.62. The summed E-state index contributed by atoms with van der Waals surface area (Å²) < 4.78 is 9.68. The SMILES string of the molecule is COC(=O)N1C=C[C@@H]2ON=C(OC)[C@@H]2C1. The van der Waals surface area contributed by atoms with Crippen LogP contribution in [-0.4, -0.2) is 43.8 Å². The largest absolute Gasteiger partial charge is 0.482 e. The average molecular weight is 212 g/mol. The van der Waals surface area contributed by atoms with Crippen molar-refractivity contribution in [2.75, 3.05) is 20.8 Å². The molecular formula is C9H12N2O4. The summed E-state index contributed by atoms with van der Waals surface area (Å²) in [6, 6.07) is 0. The molecule has 0 aromatic rings. The van der Waals surface area contributed by atoms with E-state index < -0.39 is 6.09 Å². The minimum absolute atomic E-state index is 0.0425. The van der Waals surface area contributed by atoms with E-state index in [9.17, 15) is 4.79 Å². The van der Waals surface area contributed by atoms with Crippen LogP contribution in [-0.2, 0) is 14.3 Å². The summed E-state index contributed by atoms with van der Waals surface area (Å²) in [5, 5.41) is 3.78. The molecular weight excluding hydrogens is 200 g/mol. The number of fused-ring (bicyclic) bond motifs is 1. The molecule has 2 rings (SSSR count). The summed E-state index contributed by atoms with van der Waals surface area (Å²) in [6.07, 6.45) is 2.87. The Hall–Kier alpha value is -1.72. The monoisotopic (exact) mass is 212 g/mol. The van der Waals surface area contributed by atoms with Crippen LogP contribution < -0.4 is 0 Å². The van der Waals surface area contributed by atoms with E-state index in [2.05, 4.69) is 9.89 Å². The summed E-state index contributed by atoms with van der Waals surface area (Å²) in [5.41, 5.74) is 0. The van der Waals surface area contributed by atoms with E-state index in [1.54, 1.807) is 12.3 Å². The molecule has 2 heterocycles. The number of carbonyl (C=O) groups is 1. The van der Waals surface area contributed by atoms with Crippen molar-refractivity contribution in [3.8, 4) is 0 Å². The highest BCUT2D eigenvalue weighted by molar-refractivity contribution is 5.82. The van der Waals surface area contributed by atoms with Crippen LogP contribution in [0, 0.1) is 5.92 Å². The van der Waals surface area contributed by atoms with Crippen LogP contribution in [0.4, 0.5) is 4.79 Å². The lowest BCUT2D eigenvalue weighted by Crippen LogP contribution is -2.41. The van der Waals surface area contributed by atoms with Gasteiger partial charge in [0.05, 0.1) is 20.1 Å². The number of hydrogen-bond donors (Lipinski definition) is 0. The number of rotatable bonds is 0. The highest BCUT2D eigenvalue weighted by Crippen LogP contribution is 2.25. The Labute approximate surface area is 87.1 Å². The first-order chi connectivity index (χ1) is 7.26. The van der Waals surface area contributed by atoms with Crippen molar-refractivity contribution in [3.63, 3.8) is 0 Å². The van der Waals surface area contributed by atoms with Crippen molar-refractivity contribution in [1.82, 2.24) is 4.90 Å². The minimum atomic E-state index is -0.396. The molecule has 0 spiro atoms. The lowest BCUT2D eigenvalue weighted by Gasteiger charge is -2.26. The van der Waals surface area contributed by atoms with Crippen molar-refractivity contribution in [2.45, 2.75) is 6.10 Å². The molecule has 6 heteroatoms. The van der Waals surface area contributed by atoms with Gasteiger partial charge in [0.25, 0.3) is 0 Å². The Bertz CT molecular complexity index is 326. The predicted octanol–water partition coefficient (Wildman–Crippen LogP) is 0.557. The quantitative estimate of drug-likeness (QED) is 0.588. The fourth-order valence-electron chi connectivity index (χ4n) is 1.65. The fraction of sp³-hybridized carbons (Fsp3) is 0.556. The van der Waals surface area contributed by atoms with Gasteiger partial charge in [-0.15, -0.1) is 0 Å². The highest BCUT2D eigenvalue weighted by atomic mass is 16.7. The number of hydrogen-bond acceptors (Lipinski definition) is 5. The topological polar surface area (TPSA) is 60.4 Å². The Morgan fingerprint density at radius 2 is 2.47 bits per heavy atom. The number of methoxy groups -OCH3 is 2. The standard InChI is InChI=1S/C9H12N2O4/c1-13-8-6-5-11(9(12)14-2)4-3-7(6)15-10-8/h3-4,6-7H,5H2,1-2H3/t6-,7+/m1/s1. The highest BCUT2D eigenvalue weighted by Gasteiger charge is 2.38. The van der Waals surface area contributed by atoms with Crippen molar-refractivity contribution in [1.29, 1.82) is 0 Å². The molecule has 0 aromatic carbocycles. The Balaban J connectivity index is 2.10. The van der Waals surface area contributed by atoms with Crippen LogP contribution in [0.2, 0.25) is 0 Å². The Kier molecular flexibility index (Phi) is 2.49. The minimum Gasteiger partial charge on any atom is -0.482 e. The van der Waals surface area contributed by atoms with Gasteiger partial charge in [0, 0.05) is 12.7 Å². The molecule has 0 aliphatic carbocycles. The molecule has 0 bridgehead atoms. The van der Waals surface area contributed by atoms with Gasteiger partial charge >= 0.3 is 6.09 Å². The first-order valence-corrected chi connectivity index (χ1v) is 4.57. The molecule has 82 valence electrons. The molecule has 0 unspecified atom stereocenters. The molecule has 2 aliphatic heterocycles. The van der Waals surface area contributed by atoms with Gasteiger partial charge in [-0.1, -0.05) is 5.16 Å². The molecule has 0 fully saturated rings. The third-order valence-electron chi connectivity index (χ3n) is 2.45. The van der Waals surface area contributed by atoms with Crippen molar-refractivity contribution in [3.05, 3.63) is 12.3 Å². The molecule has 2 aliphatic rings. The van der Waals surface area contributed by atoms with Gasteiger partial charge in [-0.2, -0.15) is 0 Å². The molecule has 0 aromatic heterocycles. The first-order valence-electron chi connectivity index (χ1n) is 4.57. The van der Waals surface area contributed by atoms with Crippen molar-refractivity contribution >= 4 is 12.0 Å². The van der Waals surface area contributed by atoms with E-state index in [0.717, 1.165) is 0 Å². The predicted molar refractivity (Wildman–Crippen MR) is 51.1 cm³/mol. The first kappa shape index (κ1) is 9.82. The molecule has 0 radical (unpaired) electrons. The summed E-state index contributed by atoms with van der Waals surface area (Å²) in [5.74, 6) is 0.470. The van der Waals surface area contributed by atoms with Crippen LogP contribution in [0.15, 0.2) is 17.4 Å². The van der Waals surface area contributed by atoms with Crippen molar-refractivity contribution in [2.24, 2.45) is 11.1 Å². The van der Waals surface area contributed by atoms with Crippen LogP contribution in [0.5, 0.6) is 0 Å². The van der Waals surface area contributed by atoms with E-state index in [0.29, 0.717) is 12.4 Å². The maximum atomic E-state index is 11.3. The van der Waals surface area contributed by atoms with Gasteiger partial charge in [-0.25, -0.2) is 4.79 Å². The molecule has 2 atom stereocenters. The van der Waals surface area contributed by atoms with Gasteiger partial charge in [-0.3, -0.25) is 4.90 Å². The molecule has 6 nitrogen and oxygen atoms in total. The number of nitrogens with zero attached hydrogens (tertiary/aromatic N) is 2. The maximum absolute atomic E-state index is 11.3. The van der Waals surface area contributed by atoms with E-state index >= 15 is 0 Å². The van der Waals surface area contributed by atoms with Crippen LogP contribution in [0.1, 0.15) is 0 Å². The lowest BCUT2D eigenvalue weighted by molar-refractivity contribution is 0.0754. The zero-order valence-electron chi connectivity index (χ0n) is 8.54. The van der Waals surface area contributed by atoms with Gasteiger partial charge in [-0.05, 0) is 6.08 Å². The van der Waals surface area contributed by atoms with E-state index in [1.165, 1.54) is 19.1 Å². The normalized spacial score (nSPS) is 27.9. The molecule has 0 N–H and O–H groups in total. The van der Waals surface area contributed by atoms with Crippen LogP contribution in [0.25, 0.3) is 0 Å². The summed E-state index contributed by atoms with van der Waals surface area (Å²) in [7, 11) is 2.88.